The molecule has 0 spiro atoms. The summed E-state index contributed by atoms with van der Waals surface area (Å²) in [7, 11) is -3.64. The third-order valence-electron chi connectivity index (χ3n) is 3.97. The largest absolute Gasteiger partial charge is 0.366 e. The van der Waals surface area contributed by atoms with Crippen LogP contribution in [0.25, 0.3) is 0 Å². The molecule has 0 fully saturated rings. The first-order valence-corrected chi connectivity index (χ1v) is 9.76. The first-order chi connectivity index (χ1) is 12.4. The summed E-state index contributed by atoms with van der Waals surface area (Å²) >= 11 is 0. The van der Waals surface area contributed by atoms with Crippen molar-refractivity contribution < 1.29 is 8.42 Å². The first-order valence-electron chi connectivity index (χ1n) is 8.28. The summed E-state index contributed by atoms with van der Waals surface area (Å²) in [5, 5.41) is 3.23. The van der Waals surface area contributed by atoms with Crippen molar-refractivity contribution in [2.45, 2.75) is 25.3 Å². The molecule has 6 heteroatoms. The molecular weight excluding hydrogens is 346 g/mol. The standard InChI is InChI=1S/C20H21N3O2S/c1-15-7-9-18(10-8-15)26(24,25)23-19-6-4-3-5-17(19)14-22-20-13-16(2)11-12-21-20/h3-13,23H,14H2,1-2H3,(H,21,22). The number of hydrogen-bond acceptors (Lipinski definition) is 4. The van der Waals surface area contributed by atoms with Crippen LogP contribution in [0, 0.1) is 13.8 Å². The molecule has 0 unspecified atom stereocenters. The van der Waals surface area contributed by atoms with Crippen LogP contribution in [-0.4, -0.2) is 13.4 Å². The third-order valence-corrected chi connectivity index (χ3v) is 5.35. The van der Waals surface area contributed by atoms with Crippen LogP contribution >= 0.6 is 0 Å². The highest BCUT2D eigenvalue weighted by Crippen LogP contribution is 2.21. The van der Waals surface area contributed by atoms with Gasteiger partial charge in [0.1, 0.15) is 5.82 Å². The van der Waals surface area contributed by atoms with Crippen molar-refractivity contribution in [3.05, 3.63) is 83.6 Å². The van der Waals surface area contributed by atoms with Gasteiger partial charge in [0, 0.05) is 12.7 Å². The number of rotatable bonds is 6. The van der Waals surface area contributed by atoms with Crippen LogP contribution in [0.2, 0.25) is 0 Å². The lowest BCUT2D eigenvalue weighted by Gasteiger charge is -2.14. The number of aryl methyl sites for hydroxylation is 2. The Morgan fingerprint density at radius 3 is 2.38 bits per heavy atom. The van der Waals surface area contributed by atoms with Crippen LogP contribution in [0.15, 0.2) is 71.8 Å². The molecule has 5 nitrogen and oxygen atoms in total. The Labute approximate surface area is 154 Å². The summed E-state index contributed by atoms with van der Waals surface area (Å²) < 4.78 is 28.0. The van der Waals surface area contributed by atoms with Crippen LogP contribution in [0.4, 0.5) is 11.5 Å². The van der Waals surface area contributed by atoms with Gasteiger partial charge in [0.05, 0.1) is 10.6 Å². The van der Waals surface area contributed by atoms with Gasteiger partial charge in [-0.2, -0.15) is 0 Å². The zero-order valence-corrected chi connectivity index (χ0v) is 15.5. The van der Waals surface area contributed by atoms with Gasteiger partial charge in [0.2, 0.25) is 0 Å². The lowest BCUT2D eigenvalue weighted by Crippen LogP contribution is -2.15. The molecule has 0 bridgehead atoms. The van der Waals surface area contributed by atoms with E-state index in [1.54, 1.807) is 42.6 Å². The number of aromatic nitrogens is 1. The fourth-order valence-electron chi connectivity index (χ4n) is 2.51. The summed E-state index contributed by atoms with van der Waals surface area (Å²) in [5.74, 6) is 0.751. The number of nitrogens with zero attached hydrogens (tertiary/aromatic N) is 1. The molecule has 1 aromatic heterocycles. The molecule has 0 aliphatic heterocycles. The molecule has 0 aliphatic rings. The van der Waals surface area contributed by atoms with E-state index < -0.39 is 10.0 Å². The minimum Gasteiger partial charge on any atom is -0.366 e. The van der Waals surface area contributed by atoms with Crippen LogP contribution in [0.5, 0.6) is 0 Å². The average Bonchev–Trinajstić information content (AvgIpc) is 2.61. The molecule has 134 valence electrons. The first kappa shape index (κ1) is 17.9. The molecule has 0 radical (unpaired) electrons. The van der Waals surface area contributed by atoms with Crippen LogP contribution < -0.4 is 10.0 Å². The molecule has 0 saturated carbocycles. The van der Waals surface area contributed by atoms with Crippen LogP contribution in [0.1, 0.15) is 16.7 Å². The van der Waals surface area contributed by atoms with Gasteiger partial charge >= 0.3 is 0 Å². The maximum atomic E-state index is 12.6. The van der Waals surface area contributed by atoms with Crippen molar-refractivity contribution in [2.24, 2.45) is 0 Å². The topological polar surface area (TPSA) is 71.1 Å². The highest BCUT2D eigenvalue weighted by atomic mass is 32.2. The zero-order chi connectivity index (χ0) is 18.6. The number of sulfonamides is 1. The number of nitrogens with one attached hydrogen (secondary N) is 2. The van der Waals surface area contributed by atoms with Crippen molar-refractivity contribution in [1.82, 2.24) is 4.98 Å². The Morgan fingerprint density at radius 1 is 0.923 bits per heavy atom. The molecular formula is C20H21N3O2S. The normalized spacial score (nSPS) is 11.2. The van der Waals surface area contributed by atoms with Crippen molar-refractivity contribution in [3.8, 4) is 0 Å². The third kappa shape index (κ3) is 4.40. The van der Waals surface area contributed by atoms with Gasteiger partial charge in [-0.15, -0.1) is 0 Å². The van der Waals surface area contributed by atoms with E-state index in [1.165, 1.54) is 0 Å². The lowest BCUT2D eigenvalue weighted by molar-refractivity contribution is 0.601. The molecule has 3 rings (SSSR count). The van der Waals surface area contributed by atoms with Crippen LogP contribution in [-0.2, 0) is 16.6 Å². The van der Waals surface area contributed by atoms with E-state index >= 15 is 0 Å². The van der Waals surface area contributed by atoms with Gasteiger partial charge in [-0.05, 0) is 55.3 Å². The average molecular weight is 367 g/mol. The van der Waals surface area contributed by atoms with Gasteiger partial charge in [-0.1, -0.05) is 35.9 Å². The number of pyridine rings is 1. The van der Waals surface area contributed by atoms with E-state index in [9.17, 15) is 8.42 Å². The summed E-state index contributed by atoms with van der Waals surface area (Å²) in [5.41, 5.74) is 3.51. The highest BCUT2D eigenvalue weighted by molar-refractivity contribution is 7.92. The quantitative estimate of drug-likeness (QED) is 0.688. The molecule has 3 aromatic rings. The molecule has 1 heterocycles. The zero-order valence-electron chi connectivity index (χ0n) is 14.7. The predicted molar refractivity (Wildman–Crippen MR) is 105 cm³/mol. The predicted octanol–water partition coefficient (Wildman–Crippen LogP) is 4.11. The van der Waals surface area contributed by atoms with Crippen LogP contribution in [0.3, 0.4) is 0 Å². The Kier molecular flexibility index (Phi) is 5.23. The summed E-state index contributed by atoms with van der Waals surface area (Å²) in [6.07, 6.45) is 1.74. The van der Waals surface area contributed by atoms with E-state index in [1.807, 2.05) is 38.1 Å². The van der Waals surface area contributed by atoms with E-state index in [-0.39, 0.29) is 4.90 Å². The van der Waals surface area contributed by atoms with Gasteiger partial charge < -0.3 is 5.32 Å². The lowest BCUT2D eigenvalue weighted by atomic mass is 10.2. The second-order valence-corrected chi connectivity index (χ2v) is 7.83. The fraction of sp³-hybridized carbons (Fsp3) is 0.150. The van der Waals surface area contributed by atoms with E-state index in [2.05, 4.69) is 15.0 Å². The minimum atomic E-state index is -3.64. The smallest absolute Gasteiger partial charge is 0.261 e. The van der Waals surface area contributed by atoms with Gasteiger partial charge in [-0.25, -0.2) is 13.4 Å². The molecule has 0 aliphatic carbocycles. The number of hydrogen-bond donors (Lipinski definition) is 2. The van der Waals surface area contributed by atoms with Gasteiger partial charge in [-0.3, -0.25) is 4.72 Å². The second kappa shape index (κ2) is 7.58. The molecule has 0 atom stereocenters. The second-order valence-electron chi connectivity index (χ2n) is 6.15. The minimum absolute atomic E-state index is 0.242. The molecule has 2 N–H and O–H groups in total. The maximum Gasteiger partial charge on any atom is 0.261 e. The Morgan fingerprint density at radius 2 is 1.65 bits per heavy atom. The van der Waals surface area contributed by atoms with Crippen molar-refractivity contribution >= 4 is 21.5 Å². The Hall–Kier alpha value is -2.86. The monoisotopic (exact) mass is 367 g/mol. The number of benzene rings is 2. The number of para-hydroxylation sites is 1. The fourth-order valence-corrected chi connectivity index (χ4v) is 3.61. The summed E-state index contributed by atoms with van der Waals surface area (Å²) in [6.45, 7) is 4.38. The molecule has 0 amide bonds. The summed E-state index contributed by atoms with van der Waals surface area (Å²) in [4.78, 5) is 4.51. The van der Waals surface area contributed by atoms with Crippen molar-refractivity contribution in [2.75, 3.05) is 10.0 Å². The molecule has 2 aromatic carbocycles. The van der Waals surface area contributed by atoms with E-state index in [0.29, 0.717) is 12.2 Å². The van der Waals surface area contributed by atoms with Crippen molar-refractivity contribution in [1.29, 1.82) is 0 Å². The van der Waals surface area contributed by atoms with E-state index in [0.717, 1.165) is 22.5 Å². The summed E-state index contributed by atoms with van der Waals surface area (Å²) in [6, 6.07) is 18.0. The van der Waals surface area contributed by atoms with E-state index in [4.69, 9.17) is 0 Å². The Balaban J connectivity index is 1.79. The molecule has 26 heavy (non-hydrogen) atoms. The van der Waals surface area contributed by atoms with Crippen molar-refractivity contribution in [3.63, 3.8) is 0 Å². The van der Waals surface area contributed by atoms with Gasteiger partial charge in [0.15, 0.2) is 0 Å². The Bertz CT molecular complexity index is 1000. The maximum absolute atomic E-state index is 12.6. The SMILES string of the molecule is Cc1ccc(S(=O)(=O)Nc2ccccc2CNc2cc(C)ccn2)cc1. The highest BCUT2D eigenvalue weighted by Gasteiger charge is 2.15. The molecule has 0 saturated heterocycles. The number of anilines is 2. The van der Waals surface area contributed by atoms with Gasteiger partial charge in [0.25, 0.3) is 10.0 Å².